The molecule has 0 unspecified atom stereocenters. The zero-order valence-corrected chi connectivity index (χ0v) is 32.2. The molecule has 4 aromatic carbocycles. The van der Waals surface area contributed by atoms with E-state index < -0.39 is 31.9 Å². The van der Waals surface area contributed by atoms with Gasteiger partial charge in [-0.2, -0.15) is 0 Å². The van der Waals surface area contributed by atoms with Gasteiger partial charge in [0.05, 0.1) is 33.0 Å². The summed E-state index contributed by atoms with van der Waals surface area (Å²) in [5.74, 6) is -0.915. The van der Waals surface area contributed by atoms with Crippen molar-refractivity contribution in [3.05, 3.63) is 136 Å². The van der Waals surface area contributed by atoms with Crippen molar-refractivity contribution in [3.8, 4) is 5.75 Å². The number of Topliss-reactive ketones (excluding diaryl/α,β-unsaturated/α-hetero) is 1. The number of rotatable bonds is 14. The maximum Gasteiger partial charge on any atom is 0.226 e. The van der Waals surface area contributed by atoms with Crippen LogP contribution < -0.4 is 4.74 Å². The Bertz CT molecular complexity index is 1780. The molecule has 4 atom stereocenters. The molecule has 51 heavy (non-hydrogen) atoms. The monoisotopic (exact) mass is 728 g/mol. The predicted molar refractivity (Wildman–Crippen MR) is 202 cm³/mol. The number of carbonyl (C=O) groups is 1. The molecule has 0 aromatic heterocycles. The molecule has 0 saturated carbocycles. The highest BCUT2D eigenvalue weighted by molar-refractivity contribution is 6.74. The standard InChI is InChI=1S/C42H49ClO7Si/c1-7-45-35-21-18-30(19-22-35)24-33-25-34(20-23-36(33)43)42-39(47-27-32-16-12-9-13-17-32)37(46-26-31-14-10-8-11-15-31)38(44)41(50-42,28-48-42)29-49-51(5,6)40(2,3)4/h8-23,25,37,39H,7,24,26-29H2,1-6H3/t37-,39+,41+,42-/m0/s1. The molecule has 9 heteroatoms. The van der Waals surface area contributed by atoms with Crippen molar-refractivity contribution >= 4 is 25.7 Å². The Kier molecular flexibility index (Phi) is 11.2. The molecular weight excluding hydrogens is 680 g/mol. The maximum absolute atomic E-state index is 14.8. The van der Waals surface area contributed by atoms with E-state index in [0.717, 1.165) is 28.0 Å². The highest BCUT2D eigenvalue weighted by Gasteiger charge is 2.69. The van der Waals surface area contributed by atoms with Crippen molar-refractivity contribution in [2.24, 2.45) is 0 Å². The number of fused-ring (bicyclic) bond motifs is 2. The third kappa shape index (κ3) is 8.03. The summed E-state index contributed by atoms with van der Waals surface area (Å²) in [5.41, 5.74) is 3.14. The number of carbonyl (C=O) groups excluding carboxylic acids is 1. The lowest BCUT2D eigenvalue weighted by molar-refractivity contribution is -0.304. The molecule has 0 N–H and O–H groups in total. The van der Waals surface area contributed by atoms with E-state index >= 15 is 0 Å². The summed E-state index contributed by atoms with van der Waals surface area (Å²) in [6, 6.07) is 33.4. The predicted octanol–water partition coefficient (Wildman–Crippen LogP) is 9.04. The molecule has 2 bridgehead atoms. The summed E-state index contributed by atoms with van der Waals surface area (Å²) in [5, 5.41) is 0.536. The molecular formula is C42H49ClO7Si. The van der Waals surface area contributed by atoms with Crippen molar-refractivity contribution in [1.29, 1.82) is 0 Å². The van der Waals surface area contributed by atoms with Crippen LogP contribution in [-0.4, -0.2) is 51.7 Å². The van der Waals surface area contributed by atoms with Crippen LogP contribution in [0.3, 0.4) is 0 Å². The third-order valence-electron chi connectivity index (χ3n) is 10.3. The van der Waals surface area contributed by atoms with Gasteiger partial charge in [-0.15, -0.1) is 0 Å². The lowest BCUT2D eigenvalue weighted by atomic mass is 9.84. The quantitative estimate of drug-likeness (QED) is 0.120. The minimum Gasteiger partial charge on any atom is -0.494 e. The maximum atomic E-state index is 14.8. The van der Waals surface area contributed by atoms with Crippen molar-refractivity contribution in [2.45, 2.75) is 89.1 Å². The Morgan fingerprint density at radius 1 is 0.843 bits per heavy atom. The molecule has 0 spiro atoms. The van der Waals surface area contributed by atoms with E-state index in [0.29, 0.717) is 23.6 Å². The molecule has 0 aliphatic carbocycles. The van der Waals surface area contributed by atoms with Gasteiger partial charge in [-0.25, -0.2) is 0 Å². The fourth-order valence-electron chi connectivity index (χ4n) is 6.29. The first-order valence-corrected chi connectivity index (χ1v) is 21.0. The van der Waals surface area contributed by atoms with Crippen LogP contribution in [0.1, 0.15) is 55.5 Å². The lowest BCUT2D eigenvalue weighted by Gasteiger charge is -2.47. The number of benzene rings is 4. The molecule has 270 valence electrons. The lowest BCUT2D eigenvalue weighted by Crippen LogP contribution is -2.65. The van der Waals surface area contributed by atoms with Crippen LogP contribution in [-0.2, 0) is 53.6 Å². The highest BCUT2D eigenvalue weighted by Crippen LogP contribution is 2.51. The Balaban J connectivity index is 1.41. The smallest absolute Gasteiger partial charge is 0.226 e. The van der Waals surface area contributed by atoms with Gasteiger partial charge >= 0.3 is 0 Å². The summed E-state index contributed by atoms with van der Waals surface area (Å²) >= 11 is 6.85. The first kappa shape index (κ1) is 37.4. The van der Waals surface area contributed by atoms with Gasteiger partial charge in [-0.05, 0) is 78.0 Å². The van der Waals surface area contributed by atoms with Crippen molar-refractivity contribution in [2.75, 3.05) is 19.8 Å². The average molecular weight is 729 g/mol. The van der Waals surface area contributed by atoms with Gasteiger partial charge in [-0.3, -0.25) is 4.79 Å². The number of hydrogen-bond acceptors (Lipinski definition) is 7. The number of ether oxygens (including phenoxy) is 5. The second kappa shape index (κ2) is 15.3. The van der Waals surface area contributed by atoms with Gasteiger partial charge in [0, 0.05) is 10.6 Å². The number of ketones is 1. The molecule has 4 aromatic rings. The first-order chi connectivity index (χ1) is 24.4. The molecule has 6 rings (SSSR count). The molecule has 2 saturated heterocycles. The molecule has 7 nitrogen and oxygen atoms in total. The van der Waals surface area contributed by atoms with Gasteiger partial charge in [0.15, 0.2) is 20.0 Å². The van der Waals surface area contributed by atoms with Crippen LogP contribution in [0.15, 0.2) is 103 Å². The van der Waals surface area contributed by atoms with Gasteiger partial charge in [0.25, 0.3) is 0 Å². The number of halogens is 1. The molecule has 2 heterocycles. The van der Waals surface area contributed by atoms with Gasteiger partial charge < -0.3 is 28.1 Å². The average Bonchev–Trinajstić information content (AvgIpc) is 3.49. The zero-order chi connectivity index (χ0) is 36.3. The second-order valence-corrected chi connectivity index (χ2v) is 20.2. The van der Waals surface area contributed by atoms with Crippen LogP contribution >= 0.6 is 11.6 Å². The summed E-state index contributed by atoms with van der Waals surface area (Å²) < 4.78 is 39.5. The topological polar surface area (TPSA) is 72.5 Å². The van der Waals surface area contributed by atoms with Crippen LogP contribution in [0.25, 0.3) is 0 Å². The van der Waals surface area contributed by atoms with E-state index in [4.69, 9.17) is 39.7 Å². The molecule has 2 aliphatic rings. The zero-order valence-electron chi connectivity index (χ0n) is 30.4. The van der Waals surface area contributed by atoms with Crippen molar-refractivity contribution in [1.82, 2.24) is 0 Å². The summed E-state index contributed by atoms with van der Waals surface area (Å²) in [4.78, 5) is 14.8. The largest absolute Gasteiger partial charge is 0.494 e. The fraction of sp³-hybridized carbons (Fsp3) is 0.405. The molecule has 0 radical (unpaired) electrons. The summed E-state index contributed by atoms with van der Waals surface area (Å²) in [6.45, 7) is 13.9. The van der Waals surface area contributed by atoms with E-state index in [1.807, 2.05) is 110 Å². The van der Waals surface area contributed by atoms with E-state index in [1.165, 1.54) is 0 Å². The van der Waals surface area contributed by atoms with E-state index in [-0.39, 0.29) is 37.2 Å². The second-order valence-electron chi connectivity index (χ2n) is 15.0. The van der Waals surface area contributed by atoms with E-state index in [9.17, 15) is 4.79 Å². The minimum atomic E-state index is -2.29. The summed E-state index contributed by atoms with van der Waals surface area (Å²) in [6.07, 6.45) is -1.40. The van der Waals surface area contributed by atoms with Crippen molar-refractivity contribution in [3.63, 3.8) is 0 Å². The Morgan fingerprint density at radius 3 is 2.08 bits per heavy atom. The Labute approximate surface area is 308 Å². The Morgan fingerprint density at radius 2 is 1.47 bits per heavy atom. The highest BCUT2D eigenvalue weighted by atomic mass is 35.5. The number of hydrogen-bond donors (Lipinski definition) is 0. The van der Waals surface area contributed by atoms with Crippen LogP contribution in [0.2, 0.25) is 23.2 Å². The molecule has 0 amide bonds. The first-order valence-electron chi connectivity index (χ1n) is 17.7. The van der Waals surface area contributed by atoms with Crippen LogP contribution in [0.4, 0.5) is 0 Å². The SMILES string of the molecule is CCOc1ccc(Cc2cc([C@]34OC[C@](CO[Si](C)(C)C(C)(C)C)(O3)C(=O)[C@H](OCc3ccccc3)[C@H]4OCc3ccccc3)ccc2Cl)cc1. The van der Waals surface area contributed by atoms with Crippen molar-refractivity contribution < 1.29 is 32.9 Å². The van der Waals surface area contributed by atoms with Gasteiger partial charge in [0.1, 0.15) is 11.9 Å². The van der Waals surface area contributed by atoms with Gasteiger partial charge in [0.2, 0.25) is 11.6 Å². The van der Waals surface area contributed by atoms with E-state index in [1.54, 1.807) is 0 Å². The fourth-order valence-corrected chi connectivity index (χ4v) is 7.50. The minimum absolute atomic E-state index is 0.00625. The van der Waals surface area contributed by atoms with Gasteiger partial charge in [-0.1, -0.05) is 111 Å². The van der Waals surface area contributed by atoms with E-state index in [2.05, 4.69) is 33.9 Å². The third-order valence-corrected chi connectivity index (χ3v) is 15.2. The van der Waals surface area contributed by atoms with Crippen LogP contribution in [0.5, 0.6) is 5.75 Å². The Hall–Kier alpha value is -3.34. The molecule has 2 fully saturated rings. The normalized spacial score (nSPS) is 23.4. The summed E-state index contributed by atoms with van der Waals surface area (Å²) in [7, 11) is -2.29. The molecule has 2 aliphatic heterocycles. The van der Waals surface area contributed by atoms with Crippen LogP contribution in [0, 0.1) is 0 Å².